The Labute approximate surface area is 176 Å². The van der Waals surface area contributed by atoms with Crippen molar-refractivity contribution >= 4 is 17.9 Å². The summed E-state index contributed by atoms with van der Waals surface area (Å²) >= 11 is 0. The van der Waals surface area contributed by atoms with E-state index >= 15 is 0 Å². The van der Waals surface area contributed by atoms with Crippen molar-refractivity contribution in [2.24, 2.45) is 0 Å². The Morgan fingerprint density at radius 1 is 0.900 bits per heavy atom. The molecule has 2 heterocycles. The molecule has 1 aliphatic heterocycles. The summed E-state index contributed by atoms with van der Waals surface area (Å²) in [5.74, 6) is 0.106. The fourth-order valence-electron chi connectivity index (χ4n) is 3.58. The predicted octanol–water partition coefficient (Wildman–Crippen LogP) is 4.02. The molecule has 30 heavy (non-hydrogen) atoms. The number of carbonyl (C=O) groups excluding carboxylic acids is 1. The SMILES string of the molecule is C=CCn1cc(CN2CC(=Cc3ccccc3)C(=O)C(=Cc3ccccc3)C2)nn1. The molecule has 0 bridgehead atoms. The van der Waals surface area contributed by atoms with E-state index in [9.17, 15) is 4.79 Å². The molecule has 0 unspecified atom stereocenters. The number of rotatable bonds is 6. The van der Waals surface area contributed by atoms with Crippen LogP contribution in [0, 0.1) is 0 Å². The number of benzene rings is 2. The van der Waals surface area contributed by atoms with Gasteiger partial charge in [0.25, 0.3) is 0 Å². The number of hydrogen-bond acceptors (Lipinski definition) is 4. The van der Waals surface area contributed by atoms with Crippen LogP contribution in [0.15, 0.2) is 90.7 Å². The molecule has 1 aromatic heterocycles. The lowest BCUT2D eigenvalue weighted by molar-refractivity contribution is -0.113. The first-order valence-electron chi connectivity index (χ1n) is 9.99. The summed E-state index contributed by atoms with van der Waals surface area (Å²) in [4.78, 5) is 15.4. The molecule has 5 heteroatoms. The van der Waals surface area contributed by atoms with Gasteiger partial charge in [0.1, 0.15) is 0 Å². The smallest absolute Gasteiger partial charge is 0.187 e. The first-order valence-corrected chi connectivity index (χ1v) is 9.99. The van der Waals surface area contributed by atoms with E-state index in [0.717, 1.165) is 28.0 Å². The van der Waals surface area contributed by atoms with Crippen LogP contribution in [0.25, 0.3) is 12.2 Å². The fraction of sp³-hybridized carbons (Fsp3) is 0.160. The molecule has 0 saturated carbocycles. The molecule has 1 aliphatic rings. The van der Waals surface area contributed by atoms with Crippen LogP contribution in [-0.2, 0) is 17.9 Å². The van der Waals surface area contributed by atoms with Gasteiger partial charge in [-0.2, -0.15) is 0 Å². The molecule has 0 N–H and O–H groups in total. The van der Waals surface area contributed by atoms with Gasteiger partial charge < -0.3 is 0 Å². The minimum atomic E-state index is 0.106. The second-order valence-electron chi connectivity index (χ2n) is 7.36. The Morgan fingerprint density at radius 3 is 2.00 bits per heavy atom. The monoisotopic (exact) mass is 396 g/mol. The summed E-state index contributed by atoms with van der Waals surface area (Å²) in [6.45, 7) is 6.15. The second kappa shape index (κ2) is 9.29. The van der Waals surface area contributed by atoms with E-state index in [1.54, 1.807) is 10.8 Å². The molecule has 0 atom stereocenters. The molecule has 0 radical (unpaired) electrons. The third-order valence-corrected chi connectivity index (χ3v) is 4.94. The molecule has 0 aliphatic carbocycles. The first-order chi connectivity index (χ1) is 14.7. The van der Waals surface area contributed by atoms with E-state index in [0.29, 0.717) is 26.2 Å². The highest BCUT2D eigenvalue weighted by atomic mass is 16.1. The van der Waals surface area contributed by atoms with Crippen molar-refractivity contribution in [1.82, 2.24) is 19.9 Å². The highest BCUT2D eigenvalue weighted by molar-refractivity contribution is 6.14. The Bertz CT molecular complexity index is 1020. The van der Waals surface area contributed by atoms with Crippen molar-refractivity contribution in [2.75, 3.05) is 13.1 Å². The largest absolute Gasteiger partial charge is 0.289 e. The molecule has 1 fully saturated rings. The van der Waals surface area contributed by atoms with Gasteiger partial charge in [0.05, 0.1) is 18.4 Å². The van der Waals surface area contributed by atoms with Crippen molar-refractivity contribution in [1.29, 1.82) is 0 Å². The Morgan fingerprint density at radius 2 is 1.47 bits per heavy atom. The summed E-state index contributed by atoms with van der Waals surface area (Å²) < 4.78 is 1.76. The summed E-state index contributed by atoms with van der Waals surface area (Å²) in [6.07, 6.45) is 7.70. The zero-order chi connectivity index (χ0) is 20.8. The van der Waals surface area contributed by atoms with Crippen molar-refractivity contribution < 1.29 is 4.79 Å². The third kappa shape index (κ3) is 4.88. The molecule has 0 amide bonds. The van der Waals surface area contributed by atoms with Crippen LogP contribution in [0.4, 0.5) is 0 Å². The lowest BCUT2D eigenvalue weighted by atomic mass is 9.94. The second-order valence-corrected chi connectivity index (χ2v) is 7.36. The van der Waals surface area contributed by atoms with Crippen LogP contribution >= 0.6 is 0 Å². The zero-order valence-electron chi connectivity index (χ0n) is 16.8. The molecule has 3 aromatic rings. The van der Waals surface area contributed by atoms with Crippen molar-refractivity contribution in [3.05, 3.63) is 107 Å². The quantitative estimate of drug-likeness (QED) is 0.467. The Balaban J connectivity index is 1.63. The molecule has 150 valence electrons. The van der Waals surface area contributed by atoms with Crippen LogP contribution in [0.1, 0.15) is 16.8 Å². The van der Waals surface area contributed by atoms with E-state index in [1.807, 2.05) is 79.0 Å². The van der Waals surface area contributed by atoms with E-state index in [2.05, 4.69) is 21.8 Å². The van der Waals surface area contributed by atoms with Gasteiger partial charge in [-0.1, -0.05) is 72.0 Å². The highest BCUT2D eigenvalue weighted by Crippen LogP contribution is 2.23. The standard InChI is InChI=1S/C25H24N4O/c1-2-13-29-19-24(26-27-29)18-28-16-22(14-20-9-5-3-6-10-20)25(30)23(17-28)15-21-11-7-4-8-12-21/h2-12,14-15,19H,1,13,16-18H2. The maximum absolute atomic E-state index is 13.2. The third-order valence-electron chi connectivity index (χ3n) is 4.94. The molecule has 4 rings (SSSR count). The van der Waals surface area contributed by atoms with Crippen LogP contribution in [0.3, 0.4) is 0 Å². The number of nitrogens with zero attached hydrogens (tertiary/aromatic N) is 4. The number of hydrogen-bond donors (Lipinski definition) is 0. The number of likely N-dealkylation sites (tertiary alicyclic amines) is 1. The Hall–Kier alpha value is -3.57. The van der Waals surface area contributed by atoms with Gasteiger partial charge in [-0.3, -0.25) is 9.69 Å². The van der Waals surface area contributed by atoms with Crippen LogP contribution in [0.5, 0.6) is 0 Å². The topological polar surface area (TPSA) is 51.0 Å². The number of allylic oxidation sites excluding steroid dienone is 1. The minimum Gasteiger partial charge on any atom is -0.289 e. The molecule has 1 saturated heterocycles. The first kappa shape index (κ1) is 19.7. The van der Waals surface area contributed by atoms with Gasteiger partial charge in [0, 0.05) is 30.8 Å². The van der Waals surface area contributed by atoms with Gasteiger partial charge >= 0.3 is 0 Å². The van der Waals surface area contributed by atoms with Crippen molar-refractivity contribution in [3.8, 4) is 0 Å². The summed E-state index contributed by atoms with van der Waals surface area (Å²) in [7, 11) is 0. The number of aromatic nitrogens is 3. The van der Waals surface area contributed by atoms with E-state index in [4.69, 9.17) is 0 Å². The number of Topliss-reactive ketones (excluding diaryl/α,β-unsaturated/α-hetero) is 1. The summed E-state index contributed by atoms with van der Waals surface area (Å²) in [5.41, 5.74) is 4.50. The number of piperidine rings is 1. The zero-order valence-corrected chi connectivity index (χ0v) is 16.8. The summed E-state index contributed by atoms with van der Waals surface area (Å²) in [5, 5.41) is 8.40. The van der Waals surface area contributed by atoms with Gasteiger partial charge in [0.15, 0.2) is 5.78 Å². The molecule has 2 aromatic carbocycles. The van der Waals surface area contributed by atoms with Crippen LogP contribution < -0.4 is 0 Å². The maximum Gasteiger partial charge on any atom is 0.187 e. The fourth-order valence-corrected chi connectivity index (χ4v) is 3.58. The van der Waals surface area contributed by atoms with Gasteiger partial charge in [-0.15, -0.1) is 11.7 Å². The number of carbonyl (C=O) groups is 1. The number of ketones is 1. The van der Waals surface area contributed by atoms with E-state index in [1.165, 1.54) is 0 Å². The molecular formula is C25H24N4O. The lowest BCUT2D eigenvalue weighted by Crippen LogP contribution is -2.37. The lowest BCUT2D eigenvalue weighted by Gasteiger charge is -2.29. The average Bonchev–Trinajstić information content (AvgIpc) is 3.20. The average molecular weight is 396 g/mol. The van der Waals surface area contributed by atoms with E-state index in [-0.39, 0.29) is 5.78 Å². The van der Waals surface area contributed by atoms with Crippen molar-refractivity contribution in [3.63, 3.8) is 0 Å². The van der Waals surface area contributed by atoms with Crippen LogP contribution in [-0.4, -0.2) is 38.8 Å². The normalized spacial score (nSPS) is 17.5. The van der Waals surface area contributed by atoms with E-state index < -0.39 is 0 Å². The van der Waals surface area contributed by atoms with Crippen molar-refractivity contribution in [2.45, 2.75) is 13.1 Å². The Kier molecular flexibility index (Phi) is 6.11. The maximum atomic E-state index is 13.2. The minimum absolute atomic E-state index is 0.106. The molecule has 0 spiro atoms. The highest BCUT2D eigenvalue weighted by Gasteiger charge is 2.26. The van der Waals surface area contributed by atoms with Gasteiger partial charge in [-0.25, -0.2) is 4.68 Å². The van der Waals surface area contributed by atoms with Gasteiger partial charge in [-0.05, 0) is 23.3 Å². The molecular weight excluding hydrogens is 372 g/mol. The summed E-state index contributed by atoms with van der Waals surface area (Å²) in [6, 6.07) is 19.9. The molecule has 5 nitrogen and oxygen atoms in total. The van der Waals surface area contributed by atoms with Gasteiger partial charge in [0.2, 0.25) is 0 Å². The van der Waals surface area contributed by atoms with Crippen LogP contribution in [0.2, 0.25) is 0 Å². The predicted molar refractivity (Wildman–Crippen MR) is 119 cm³/mol.